The average molecular weight is 258 g/mol. The number of rotatable bonds is 0. The quantitative estimate of drug-likeness (QED) is 0.639. The Bertz CT molecular complexity index is 468. The van der Waals surface area contributed by atoms with Crippen molar-refractivity contribution in [3.05, 3.63) is 40.1 Å². The topological polar surface area (TPSA) is 3.88 Å². The first-order valence-electron chi connectivity index (χ1n) is 3.91. The van der Waals surface area contributed by atoms with E-state index in [0.29, 0.717) is 0 Å². The Labute approximate surface area is 90.1 Å². The fraction of sp³-hybridized carbons (Fsp3) is 0.100. The molecule has 0 bridgehead atoms. The van der Waals surface area contributed by atoms with Crippen molar-refractivity contribution in [1.29, 1.82) is 0 Å². The summed E-state index contributed by atoms with van der Waals surface area (Å²) in [5.74, 6) is 0. The van der Waals surface area contributed by atoms with Crippen LogP contribution in [0.15, 0.2) is 35.1 Å². The molecular weight excluding hydrogens is 249 g/mol. The van der Waals surface area contributed by atoms with Crippen molar-refractivity contribution in [1.82, 2.24) is 0 Å². The fourth-order valence-electron chi connectivity index (χ4n) is 1.32. The number of halogens is 2. The number of fused-ring (bicyclic) bond motifs is 1. The smallest absolute Gasteiger partial charge is 0.177 e. The summed E-state index contributed by atoms with van der Waals surface area (Å²) < 4.78 is 3.05. The SMILES string of the molecule is C[n+]1ccc2cc(Cl)cc(Br)c2c1. The largest absolute Gasteiger partial charge is 0.207 e. The maximum atomic E-state index is 5.93. The van der Waals surface area contributed by atoms with Gasteiger partial charge in [0.1, 0.15) is 7.05 Å². The standard InChI is InChI=1S/C10H8BrClN/c1-13-3-2-7-4-8(12)5-10(11)9(7)6-13/h2-6H,1H3/q+1. The van der Waals surface area contributed by atoms with E-state index in [2.05, 4.69) is 22.1 Å². The molecule has 0 radical (unpaired) electrons. The first-order valence-corrected chi connectivity index (χ1v) is 5.08. The lowest BCUT2D eigenvalue weighted by Crippen LogP contribution is -2.25. The highest BCUT2D eigenvalue weighted by atomic mass is 79.9. The lowest BCUT2D eigenvalue weighted by Gasteiger charge is -1.99. The van der Waals surface area contributed by atoms with Crippen LogP contribution in [0.5, 0.6) is 0 Å². The molecule has 13 heavy (non-hydrogen) atoms. The first kappa shape index (κ1) is 8.97. The molecule has 0 amide bonds. The second-order valence-electron chi connectivity index (χ2n) is 3.00. The Kier molecular flexibility index (Phi) is 2.26. The van der Waals surface area contributed by atoms with Gasteiger partial charge < -0.3 is 0 Å². The van der Waals surface area contributed by atoms with Crippen LogP contribution in [-0.4, -0.2) is 0 Å². The fourth-order valence-corrected chi connectivity index (χ4v) is 2.26. The molecule has 66 valence electrons. The van der Waals surface area contributed by atoms with E-state index < -0.39 is 0 Å². The predicted octanol–water partition coefficient (Wildman–Crippen LogP) is 3.08. The van der Waals surface area contributed by atoms with Crippen molar-refractivity contribution >= 4 is 38.3 Å². The number of nitrogens with zero attached hydrogens (tertiary/aromatic N) is 1. The van der Waals surface area contributed by atoms with E-state index in [1.807, 2.05) is 36.0 Å². The van der Waals surface area contributed by atoms with Crippen molar-refractivity contribution in [2.75, 3.05) is 0 Å². The van der Waals surface area contributed by atoms with E-state index in [0.717, 1.165) is 14.9 Å². The van der Waals surface area contributed by atoms with Crippen molar-refractivity contribution in [3.63, 3.8) is 0 Å². The van der Waals surface area contributed by atoms with Crippen LogP contribution in [-0.2, 0) is 7.05 Å². The number of aryl methyl sites for hydroxylation is 1. The molecule has 3 heteroatoms. The average Bonchev–Trinajstić information content (AvgIpc) is 2.06. The summed E-state index contributed by atoms with van der Waals surface area (Å²) >= 11 is 9.41. The summed E-state index contributed by atoms with van der Waals surface area (Å²) in [5.41, 5.74) is 0. The molecule has 0 unspecified atom stereocenters. The predicted molar refractivity (Wildman–Crippen MR) is 57.8 cm³/mol. The lowest BCUT2D eigenvalue weighted by atomic mass is 10.2. The molecule has 0 N–H and O–H groups in total. The molecule has 0 aliphatic rings. The summed E-state index contributed by atoms with van der Waals surface area (Å²) in [4.78, 5) is 0. The van der Waals surface area contributed by atoms with Gasteiger partial charge in [-0.25, -0.2) is 4.57 Å². The Morgan fingerprint density at radius 1 is 1.38 bits per heavy atom. The molecule has 1 aromatic heterocycles. The zero-order valence-electron chi connectivity index (χ0n) is 7.09. The Balaban J connectivity index is 2.87. The second kappa shape index (κ2) is 3.28. The van der Waals surface area contributed by atoms with E-state index in [9.17, 15) is 0 Å². The van der Waals surface area contributed by atoms with Gasteiger partial charge in [0.25, 0.3) is 0 Å². The Hall–Kier alpha value is -0.600. The van der Waals surface area contributed by atoms with Crippen LogP contribution in [0.3, 0.4) is 0 Å². The van der Waals surface area contributed by atoms with Crippen LogP contribution in [0.1, 0.15) is 0 Å². The zero-order valence-corrected chi connectivity index (χ0v) is 9.43. The van der Waals surface area contributed by atoms with Gasteiger partial charge in [0.05, 0.1) is 5.39 Å². The highest BCUT2D eigenvalue weighted by molar-refractivity contribution is 9.10. The van der Waals surface area contributed by atoms with E-state index in [4.69, 9.17) is 11.6 Å². The van der Waals surface area contributed by atoms with Crippen LogP contribution in [0.25, 0.3) is 10.8 Å². The van der Waals surface area contributed by atoms with Crippen LogP contribution in [0.4, 0.5) is 0 Å². The first-order chi connectivity index (χ1) is 6.16. The molecule has 0 fully saturated rings. The third-order valence-electron chi connectivity index (χ3n) is 1.95. The highest BCUT2D eigenvalue weighted by Crippen LogP contribution is 2.26. The molecule has 1 heterocycles. The van der Waals surface area contributed by atoms with Crippen LogP contribution in [0.2, 0.25) is 5.02 Å². The lowest BCUT2D eigenvalue weighted by molar-refractivity contribution is -0.670. The number of hydrogen-bond donors (Lipinski definition) is 0. The van der Waals surface area contributed by atoms with Gasteiger partial charge in [-0.15, -0.1) is 0 Å². The molecule has 0 atom stereocenters. The molecule has 0 saturated heterocycles. The number of pyridine rings is 1. The monoisotopic (exact) mass is 256 g/mol. The third kappa shape index (κ3) is 1.69. The maximum absolute atomic E-state index is 5.93. The summed E-state index contributed by atoms with van der Waals surface area (Å²) in [5, 5.41) is 3.08. The molecule has 2 rings (SSSR count). The second-order valence-corrected chi connectivity index (χ2v) is 4.29. The minimum Gasteiger partial charge on any atom is -0.207 e. The van der Waals surface area contributed by atoms with Gasteiger partial charge in [-0.05, 0) is 33.4 Å². The van der Waals surface area contributed by atoms with Gasteiger partial charge in [0.2, 0.25) is 0 Å². The molecule has 0 aliphatic heterocycles. The van der Waals surface area contributed by atoms with Crippen molar-refractivity contribution in [2.24, 2.45) is 7.05 Å². The molecule has 1 aromatic carbocycles. The Morgan fingerprint density at radius 2 is 2.15 bits per heavy atom. The normalized spacial score (nSPS) is 10.7. The van der Waals surface area contributed by atoms with Crippen molar-refractivity contribution < 1.29 is 4.57 Å². The molecular formula is C10H8BrClN+. The van der Waals surface area contributed by atoms with Gasteiger partial charge >= 0.3 is 0 Å². The van der Waals surface area contributed by atoms with Gasteiger partial charge in [-0.3, -0.25) is 0 Å². The van der Waals surface area contributed by atoms with E-state index in [-0.39, 0.29) is 0 Å². The molecule has 0 spiro atoms. The summed E-state index contributed by atoms with van der Waals surface area (Å²) in [6.07, 6.45) is 4.07. The number of hydrogen-bond acceptors (Lipinski definition) is 0. The van der Waals surface area contributed by atoms with Crippen LogP contribution >= 0.6 is 27.5 Å². The van der Waals surface area contributed by atoms with Gasteiger partial charge in [0.15, 0.2) is 12.4 Å². The van der Waals surface area contributed by atoms with Gasteiger partial charge in [-0.2, -0.15) is 0 Å². The van der Waals surface area contributed by atoms with Crippen molar-refractivity contribution in [3.8, 4) is 0 Å². The van der Waals surface area contributed by atoms with E-state index in [1.165, 1.54) is 5.39 Å². The molecule has 0 saturated carbocycles. The van der Waals surface area contributed by atoms with E-state index >= 15 is 0 Å². The third-order valence-corrected chi connectivity index (χ3v) is 2.82. The van der Waals surface area contributed by atoms with Gasteiger partial charge in [0, 0.05) is 15.6 Å². The maximum Gasteiger partial charge on any atom is 0.177 e. The molecule has 2 aromatic rings. The summed E-state index contributed by atoms with van der Waals surface area (Å²) in [6, 6.07) is 5.91. The minimum atomic E-state index is 0.758. The minimum absolute atomic E-state index is 0.758. The van der Waals surface area contributed by atoms with Gasteiger partial charge in [-0.1, -0.05) is 11.6 Å². The molecule has 0 aliphatic carbocycles. The van der Waals surface area contributed by atoms with Crippen LogP contribution in [0, 0.1) is 0 Å². The number of benzene rings is 1. The summed E-state index contributed by atoms with van der Waals surface area (Å²) in [6.45, 7) is 0. The van der Waals surface area contributed by atoms with Crippen molar-refractivity contribution in [2.45, 2.75) is 0 Å². The van der Waals surface area contributed by atoms with Crippen LogP contribution < -0.4 is 4.57 Å². The summed E-state index contributed by atoms with van der Waals surface area (Å²) in [7, 11) is 2.00. The highest BCUT2D eigenvalue weighted by Gasteiger charge is 2.04. The van der Waals surface area contributed by atoms with E-state index in [1.54, 1.807) is 0 Å². The molecule has 1 nitrogen and oxygen atoms in total. The zero-order chi connectivity index (χ0) is 9.42. The Morgan fingerprint density at radius 3 is 2.92 bits per heavy atom. The number of aromatic nitrogens is 1.